The second-order valence-electron chi connectivity index (χ2n) is 19.2. The minimum Gasteiger partial charge on any atom is -0.449 e. The van der Waals surface area contributed by atoms with Crippen molar-refractivity contribution in [3.8, 4) is 11.1 Å². The molecule has 10 heteroatoms. The van der Waals surface area contributed by atoms with Gasteiger partial charge in [0.1, 0.15) is 18.2 Å². The number of likely N-dealkylation sites (tertiary alicyclic amines) is 1. The van der Waals surface area contributed by atoms with Gasteiger partial charge in [-0.05, 0) is 86.3 Å². The fraction of sp³-hybridized carbons (Fsp3) is 0.404. The zero-order chi connectivity index (χ0) is 47.0. The number of esters is 1. The predicted octanol–water partition coefficient (Wildman–Crippen LogP) is 12.0. The number of alkyl carbamates (subject to hydrolysis) is 1. The molecule has 2 fully saturated rings. The molecule has 2 aliphatic carbocycles. The molecule has 1 unspecified atom stereocenters. The lowest BCUT2D eigenvalue weighted by atomic mass is 9.78. The van der Waals surface area contributed by atoms with Crippen LogP contribution in [0.4, 0.5) is 4.79 Å². The first kappa shape index (κ1) is 47.6. The van der Waals surface area contributed by atoms with Crippen LogP contribution in [0.3, 0.4) is 0 Å². The lowest BCUT2D eigenvalue weighted by molar-refractivity contribution is -0.154. The number of carbonyl (C=O) groups is 4. The van der Waals surface area contributed by atoms with Gasteiger partial charge in [0.15, 0.2) is 5.60 Å². The molecule has 5 aromatic rings. The number of halogens is 1. The van der Waals surface area contributed by atoms with Crippen LogP contribution in [0.15, 0.2) is 127 Å². The Kier molecular flexibility index (Phi) is 15.2. The van der Waals surface area contributed by atoms with E-state index in [1.165, 1.54) is 55.4 Å². The van der Waals surface area contributed by atoms with Crippen molar-refractivity contribution >= 4 is 35.5 Å². The Morgan fingerprint density at radius 3 is 1.90 bits per heavy atom. The Morgan fingerprint density at radius 1 is 0.687 bits per heavy atom. The Bertz CT molecular complexity index is 2470. The van der Waals surface area contributed by atoms with Crippen molar-refractivity contribution in [2.45, 2.75) is 133 Å². The highest BCUT2D eigenvalue weighted by Crippen LogP contribution is 2.46. The van der Waals surface area contributed by atoms with Gasteiger partial charge in [-0.1, -0.05) is 178 Å². The fourth-order valence-electron chi connectivity index (χ4n) is 10.6. The number of hydrogen-bond donors (Lipinski definition) is 2. The Balaban J connectivity index is 0.936. The molecule has 0 spiro atoms. The number of carbonyl (C=O) groups excluding carboxylic acids is 4. The van der Waals surface area contributed by atoms with Crippen LogP contribution in [0.1, 0.15) is 143 Å². The van der Waals surface area contributed by atoms with Gasteiger partial charge in [0.25, 0.3) is 0 Å². The molecular formula is C57H64ClN3O6. The quantitative estimate of drug-likeness (QED) is 0.0898. The third-order valence-corrected chi connectivity index (χ3v) is 14.4. The van der Waals surface area contributed by atoms with E-state index in [4.69, 9.17) is 21.1 Å². The van der Waals surface area contributed by atoms with Crippen LogP contribution in [-0.2, 0) is 29.5 Å². The fourth-order valence-corrected chi connectivity index (χ4v) is 10.9. The van der Waals surface area contributed by atoms with Gasteiger partial charge in [-0.3, -0.25) is 14.4 Å². The SMILES string of the molecule is C[C@H](CC(=O)OC(c1ccccc1)(c1ccc(C2CCCCCCCCC2)cc1)c1ccccc1Cl)NC(=O)[C@@H]1CCCN1C(=O)C(C)(C)NC(=O)OCC1c2ccccc2-c2ccccc21. The molecule has 5 aromatic carbocycles. The molecule has 1 saturated carbocycles. The molecule has 1 saturated heterocycles. The van der Waals surface area contributed by atoms with Crippen molar-refractivity contribution in [2.24, 2.45) is 0 Å². The number of ether oxygens (including phenoxy) is 2. The van der Waals surface area contributed by atoms with Gasteiger partial charge in [0, 0.05) is 40.2 Å². The summed E-state index contributed by atoms with van der Waals surface area (Å²) >= 11 is 7.02. The van der Waals surface area contributed by atoms with Crippen LogP contribution >= 0.6 is 11.6 Å². The molecular weight excluding hydrogens is 858 g/mol. The topological polar surface area (TPSA) is 114 Å². The van der Waals surface area contributed by atoms with Crippen molar-refractivity contribution in [1.29, 1.82) is 0 Å². The number of hydrogen-bond acceptors (Lipinski definition) is 6. The van der Waals surface area contributed by atoms with Crippen LogP contribution in [0.25, 0.3) is 11.1 Å². The molecule has 1 aliphatic heterocycles. The van der Waals surface area contributed by atoms with Gasteiger partial charge in [0.05, 0.1) is 6.42 Å². The predicted molar refractivity (Wildman–Crippen MR) is 264 cm³/mol. The van der Waals surface area contributed by atoms with Gasteiger partial charge in [-0.2, -0.15) is 0 Å². The van der Waals surface area contributed by atoms with Crippen molar-refractivity contribution in [1.82, 2.24) is 15.5 Å². The van der Waals surface area contributed by atoms with Crippen LogP contribution in [0.2, 0.25) is 5.02 Å². The zero-order valence-electron chi connectivity index (χ0n) is 39.1. The highest BCUT2D eigenvalue weighted by atomic mass is 35.5. The molecule has 3 amide bonds. The van der Waals surface area contributed by atoms with Gasteiger partial charge >= 0.3 is 12.1 Å². The number of benzene rings is 5. The highest BCUT2D eigenvalue weighted by molar-refractivity contribution is 6.31. The van der Waals surface area contributed by atoms with E-state index in [-0.39, 0.29) is 24.9 Å². The summed E-state index contributed by atoms with van der Waals surface area (Å²) in [4.78, 5) is 57.3. The summed E-state index contributed by atoms with van der Waals surface area (Å²) < 4.78 is 12.5. The van der Waals surface area contributed by atoms with Gasteiger partial charge < -0.3 is 25.0 Å². The molecule has 3 aliphatic rings. The van der Waals surface area contributed by atoms with E-state index in [2.05, 4.69) is 59.2 Å². The van der Waals surface area contributed by atoms with E-state index in [1.807, 2.05) is 78.9 Å². The third-order valence-electron chi connectivity index (χ3n) is 14.1. The summed E-state index contributed by atoms with van der Waals surface area (Å²) in [5.41, 5.74) is 5.11. The average molecular weight is 923 g/mol. The summed E-state index contributed by atoms with van der Waals surface area (Å²) in [6.07, 6.45) is 11.4. The summed E-state index contributed by atoms with van der Waals surface area (Å²) in [5.74, 6) is -0.958. The van der Waals surface area contributed by atoms with Crippen LogP contribution < -0.4 is 10.6 Å². The van der Waals surface area contributed by atoms with E-state index in [0.29, 0.717) is 35.9 Å². The van der Waals surface area contributed by atoms with Crippen molar-refractivity contribution in [3.63, 3.8) is 0 Å². The maximum atomic E-state index is 14.4. The van der Waals surface area contributed by atoms with E-state index in [9.17, 15) is 19.2 Å². The summed E-state index contributed by atoms with van der Waals surface area (Å²) in [5, 5.41) is 6.23. The molecule has 67 heavy (non-hydrogen) atoms. The van der Waals surface area contributed by atoms with E-state index >= 15 is 0 Å². The molecule has 1 heterocycles. The minimum absolute atomic E-state index is 0.108. The second-order valence-corrected chi connectivity index (χ2v) is 19.6. The molecule has 9 nitrogen and oxygen atoms in total. The largest absolute Gasteiger partial charge is 0.449 e. The van der Waals surface area contributed by atoms with Crippen molar-refractivity contribution in [2.75, 3.05) is 13.2 Å². The van der Waals surface area contributed by atoms with Crippen molar-refractivity contribution in [3.05, 3.63) is 166 Å². The standard InChI is InChI=1S/C57H64ClN3O6/c1-39(59-53(63)51-31-20-36-61(51)54(64)56(2,3)60-55(65)66-38-48-46-27-16-14-25-44(46)45-26-15-17-28-47(45)48)37-52(62)67-57(42-23-12-9-13-24-42,49-29-18-19-30-50(49)58)43-34-32-41(33-35-43)40-21-10-7-5-4-6-8-11-22-40/h9,12-19,23-30,32-35,39-40,48,51H,4-8,10-11,20-22,31,36-38H2,1-3H3,(H,59,63)(H,60,65)/t39-,51+,57?/m1/s1. The monoisotopic (exact) mass is 921 g/mol. The molecule has 0 aromatic heterocycles. The van der Waals surface area contributed by atoms with Crippen LogP contribution in [-0.4, -0.2) is 59.6 Å². The van der Waals surface area contributed by atoms with Crippen molar-refractivity contribution < 1.29 is 28.7 Å². The first-order chi connectivity index (χ1) is 32.5. The van der Waals surface area contributed by atoms with Gasteiger partial charge in [-0.25, -0.2) is 4.79 Å². The maximum Gasteiger partial charge on any atom is 0.408 e. The number of rotatable bonds is 13. The Hall–Kier alpha value is -5.93. The number of nitrogens with zero attached hydrogens (tertiary/aromatic N) is 1. The number of amides is 3. The Morgan fingerprint density at radius 2 is 1.25 bits per heavy atom. The molecule has 3 atom stereocenters. The summed E-state index contributed by atoms with van der Waals surface area (Å²) in [7, 11) is 0. The van der Waals surface area contributed by atoms with Gasteiger partial charge in [0.2, 0.25) is 11.8 Å². The first-order valence-electron chi connectivity index (χ1n) is 24.3. The van der Waals surface area contributed by atoms with Crippen LogP contribution in [0.5, 0.6) is 0 Å². The highest BCUT2D eigenvalue weighted by Gasteiger charge is 2.44. The smallest absolute Gasteiger partial charge is 0.408 e. The molecule has 0 radical (unpaired) electrons. The number of nitrogens with one attached hydrogen (secondary N) is 2. The summed E-state index contributed by atoms with van der Waals surface area (Å²) in [6, 6.07) is 40.5. The average Bonchev–Trinajstić information content (AvgIpc) is 3.95. The normalized spacial score (nSPS) is 18.1. The summed E-state index contributed by atoms with van der Waals surface area (Å²) in [6.45, 7) is 5.46. The second kappa shape index (κ2) is 21.4. The third kappa shape index (κ3) is 10.6. The van der Waals surface area contributed by atoms with Crippen LogP contribution in [0, 0.1) is 0 Å². The number of fused-ring (bicyclic) bond motifs is 3. The first-order valence-corrected chi connectivity index (χ1v) is 24.7. The van der Waals surface area contributed by atoms with E-state index in [1.54, 1.807) is 20.8 Å². The van der Waals surface area contributed by atoms with Gasteiger partial charge in [-0.15, -0.1) is 0 Å². The van der Waals surface area contributed by atoms with E-state index < -0.39 is 41.2 Å². The maximum absolute atomic E-state index is 14.4. The molecule has 2 N–H and O–H groups in total. The molecule has 350 valence electrons. The minimum atomic E-state index is -1.39. The van der Waals surface area contributed by atoms with E-state index in [0.717, 1.165) is 46.2 Å². The lowest BCUT2D eigenvalue weighted by Gasteiger charge is -2.36. The lowest BCUT2D eigenvalue weighted by Crippen LogP contribution is -2.59. The zero-order valence-corrected chi connectivity index (χ0v) is 39.9. The Labute approximate surface area is 401 Å². The molecule has 0 bridgehead atoms. The molecule has 8 rings (SSSR count).